The average Bonchev–Trinajstić information content (AvgIpc) is 2.56. The fraction of sp³-hybridized carbons (Fsp3) is 0. The number of anilines is 2. The summed E-state index contributed by atoms with van der Waals surface area (Å²) in [5.41, 5.74) is 15.7. The van der Waals surface area contributed by atoms with E-state index in [1.54, 1.807) is 12.1 Å². The third-order valence-electron chi connectivity index (χ3n) is 4.25. The molecule has 5 N–H and O–H groups in total. The molecule has 3 heteroatoms. The number of nitrogens with two attached hydrogens (primary N) is 2. The van der Waals surface area contributed by atoms with Crippen LogP contribution in [0, 0.1) is 0 Å². The van der Waals surface area contributed by atoms with Gasteiger partial charge in [-0.3, -0.25) is 0 Å². The molecule has 3 nitrogen and oxygen atoms in total. The number of phenolic OH excluding ortho intramolecular Hbond substituents is 1. The molecule has 0 saturated carbocycles. The van der Waals surface area contributed by atoms with Gasteiger partial charge in [-0.1, -0.05) is 42.5 Å². The maximum Gasteiger partial charge on any atom is 0.116 e. The molecule has 0 bridgehead atoms. The molecular formula is C20H16N2O. The summed E-state index contributed by atoms with van der Waals surface area (Å²) in [6, 6.07) is 21.1. The summed E-state index contributed by atoms with van der Waals surface area (Å²) in [5, 5.41) is 14.0. The lowest BCUT2D eigenvalue weighted by atomic mass is 9.91. The van der Waals surface area contributed by atoms with Gasteiger partial charge in [0.05, 0.1) is 0 Å². The van der Waals surface area contributed by atoms with Crippen molar-refractivity contribution >= 4 is 32.9 Å². The van der Waals surface area contributed by atoms with Crippen LogP contribution in [0.3, 0.4) is 0 Å². The molecule has 4 rings (SSSR count). The monoisotopic (exact) mass is 300 g/mol. The van der Waals surface area contributed by atoms with E-state index in [2.05, 4.69) is 6.07 Å². The van der Waals surface area contributed by atoms with Gasteiger partial charge in [-0.2, -0.15) is 0 Å². The van der Waals surface area contributed by atoms with Gasteiger partial charge in [-0.25, -0.2) is 0 Å². The highest BCUT2D eigenvalue weighted by Crippen LogP contribution is 2.42. The fourth-order valence-corrected chi connectivity index (χ4v) is 3.17. The molecule has 0 heterocycles. The quantitative estimate of drug-likeness (QED) is 0.452. The molecule has 0 aliphatic carbocycles. The van der Waals surface area contributed by atoms with Gasteiger partial charge < -0.3 is 16.6 Å². The number of hydrogen-bond acceptors (Lipinski definition) is 3. The third-order valence-corrected chi connectivity index (χ3v) is 4.25. The van der Waals surface area contributed by atoms with Crippen LogP contribution in [0.2, 0.25) is 0 Å². The van der Waals surface area contributed by atoms with E-state index in [4.69, 9.17) is 11.5 Å². The number of benzene rings is 4. The van der Waals surface area contributed by atoms with Crippen LogP contribution in [0.15, 0.2) is 66.7 Å². The van der Waals surface area contributed by atoms with Crippen LogP contribution in [-0.2, 0) is 0 Å². The molecule has 4 aromatic rings. The van der Waals surface area contributed by atoms with Crippen molar-refractivity contribution in [2.45, 2.75) is 0 Å². The third kappa shape index (κ3) is 2.06. The minimum atomic E-state index is 0.211. The van der Waals surface area contributed by atoms with E-state index < -0.39 is 0 Å². The molecule has 0 saturated heterocycles. The SMILES string of the molecule is Nc1ccc2ccccc2c1-c1c(N)ccc2ccc(O)cc12. The number of phenols is 1. The average molecular weight is 300 g/mol. The summed E-state index contributed by atoms with van der Waals surface area (Å²) in [4.78, 5) is 0. The number of fused-ring (bicyclic) bond motifs is 2. The predicted molar refractivity (Wildman–Crippen MR) is 97.4 cm³/mol. The predicted octanol–water partition coefficient (Wildman–Crippen LogP) is 4.53. The molecule has 0 spiro atoms. The molecule has 112 valence electrons. The first-order valence-electron chi connectivity index (χ1n) is 7.44. The highest BCUT2D eigenvalue weighted by molar-refractivity contribution is 6.13. The Morgan fingerprint density at radius 3 is 1.91 bits per heavy atom. The number of aromatic hydroxyl groups is 1. The largest absolute Gasteiger partial charge is 0.508 e. The lowest BCUT2D eigenvalue weighted by Crippen LogP contribution is -1.97. The van der Waals surface area contributed by atoms with Crippen molar-refractivity contribution in [3.05, 3.63) is 66.7 Å². The second kappa shape index (κ2) is 4.92. The highest BCUT2D eigenvalue weighted by atomic mass is 16.3. The second-order valence-corrected chi connectivity index (χ2v) is 5.69. The first-order chi connectivity index (χ1) is 11.1. The van der Waals surface area contributed by atoms with Gasteiger partial charge >= 0.3 is 0 Å². The van der Waals surface area contributed by atoms with Gasteiger partial charge in [-0.05, 0) is 45.8 Å². The molecule has 4 aromatic carbocycles. The number of hydrogen-bond donors (Lipinski definition) is 3. The van der Waals surface area contributed by atoms with E-state index in [1.807, 2.05) is 48.5 Å². The molecule has 0 amide bonds. The summed E-state index contributed by atoms with van der Waals surface area (Å²) >= 11 is 0. The Kier molecular flexibility index (Phi) is 2.88. The van der Waals surface area contributed by atoms with Crippen LogP contribution in [-0.4, -0.2) is 5.11 Å². The standard InChI is InChI=1S/C20H16N2O/c21-17-9-6-12-3-1-2-4-15(12)19(17)20-16-11-14(23)8-5-13(16)7-10-18(20)22/h1-11,23H,21-22H2. The lowest BCUT2D eigenvalue weighted by molar-refractivity contribution is 0.476. The Hall–Kier alpha value is -3.20. The molecular weight excluding hydrogens is 284 g/mol. The van der Waals surface area contributed by atoms with Gasteiger partial charge in [0.15, 0.2) is 0 Å². The van der Waals surface area contributed by atoms with E-state index >= 15 is 0 Å². The van der Waals surface area contributed by atoms with Crippen molar-refractivity contribution in [2.24, 2.45) is 0 Å². The molecule has 0 atom stereocenters. The summed E-state index contributed by atoms with van der Waals surface area (Å²) in [7, 11) is 0. The van der Waals surface area contributed by atoms with Crippen molar-refractivity contribution in [2.75, 3.05) is 11.5 Å². The smallest absolute Gasteiger partial charge is 0.116 e. The Bertz CT molecular complexity index is 1050. The second-order valence-electron chi connectivity index (χ2n) is 5.69. The van der Waals surface area contributed by atoms with E-state index in [-0.39, 0.29) is 5.75 Å². The normalized spacial score (nSPS) is 11.1. The Labute approximate surface area is 133 Å². The molecule has 0 unspecified atom stereocenters. The minimum Gasteiger partial charge on any atom is -0.508 e. The first kappa shape index (κ1) is 13.5. The summed E-state index contributed by atoms with van der Waals surface area (Å²) in [5.74, 6) is 0.211. The van der Waals surface area contributed by atoms with Crippen LogP contribution in [0.5, 0.6) is 5.75 Å². The first-order valence-corrected chi connectivity index (χ1v) is 7.44. The van der Waals surface area contributed by atoms with Crippen LogP contribution in [0.1, 0.15) is 0 Å². The van der Waals surface area contributed by atoms with Crippen molar-refractivity contribution in [3.8, 4) is 16.9 Å². The molecule has 23 heavy (non-hydrogen) atoms. The maximum absolute atomic E-state index is 9.90. The maximum atomic E-state index is 9.90. The van der Waals surface area contributed by atoms with E-state index in [1.165, 1.54) is 0 Å². The van der Waals surface area contributed by atoms with E-state index in [9.17, 15) is 5.11 Å². The van der Waals surface area contributed by atoms with Gasteiger partial charge in [0.25, 0.3) is 0 Å². The van der Waals surface area contributed by atoms with E-state index in [0.717, 1.165) is 32.7 Å². The molecule has 0 radical (unpaired) electrons. The van der Waals surface area contributed by atoms with Crippen molar-refractivity contribution < 1.29 is 5.11 Å². The summed E-state index contributed by atoms with van der Waals surface area (Å²) in [6.45, 7) is 0. The topological polar surface area (TPSA) is 72.3 Å². The van der Waals surface area contributed by atoms with Crippen LogP contribution >= 0.6 is 0 Å². The molecule has 0 aromatic heterocycles. The van der Waals surface area contributed by atoms with Crippen molar-refractivity contribution in [1.82, 2.24) is 0 Å². The number of rotatable bonds is 1. The minimum absolute atomic E-state index is 0.211. The zero-order valence-corrected chi connectivity index (χ0v) is 12.5. The highest BCUT2D eigenvalue weighted by Gasteiger charge is 2.14. The fourth-order valence-electron chi connectivity index (χ4n) is 3.17. The number of nitrogen functional groups attached to an aromatic ring is 2. The summed E-state index contributed by atoms with van der Waals surface area (Å²) in [6.07, 6.45) is 0. The van der Waals surface area contributed by atoms with E-state index in [0.29, 0.717) is 11.4 Å². The lowest BCUT2D eigenvalue weighted by Gasteiger charge is -2.15. The van der Waals surface area contributed by atoms with Crippen molar-refractivity contribution in [1.29, 1.82) is 0 Å². The Morgan fingerprint density at radius 2 is 1.17 bits per heavy atom. The van der Waals surface area contributed by atoms with Crippen molar-refractivity contribution in [3.63, 3.8) is 0 Å². The summed E-state index contributed by atoms with van der Waals surface area (Å²) < 4.78 is 0. The Balaban J connectivity index is 2.21. The van der Waals surface area contributed by atoms with Gasteiger partial charge in [0.1, 0.15) is 5.75 Å². The Morgan fingerprint density at radius 1 is 0.609 bits per heavy atom. The van der Waals surface area contributed by atoms with Crippen LogP contribution in [0.25, 0.3) is 32.7 Å². The van der Waals surface area contributed by atoms with Crippen LogP contribution < -0.4 is 11.5 Å². The molecule has 0 aliphatic rings. The van der Waals surface area contributed by atoms with Gasteiger partial charge in [0.2, 0.25) is 0 Å². The molecule has 0 fully saturated rings. The van der Waals surface area contributed by atoms with Crippen LogP contribution in [0.4, 0.5) is 11.4 Å². The molecule has 0 aliphatic heterocycles. The van der Waals surface area contributed by atoms with Gasteiger partial charge in [-0.15, -0.1) is 0 Å². The zero-order valence-electron chi connectivity index (χ0n) is 12.5. The van der Waals surface area contributed by atoms with Gasteiger partial charge in [0, 0.05) is 22.5 Å². The zero-order chi connectivity index (χ0) is 16.0.